The zero-order valence-corrected chi connectivity index (χ0v) is 9.89. The largest absolute Gasteiger partial charge is 0.478 e. The molecule has 5 nitrogen and oxygen atoms in total. The summed E-state index contributed by atoms with van der Waals surface area (Å²) in [7, 11) is 0. The van der Waals surface area contributed by atoms with Gasteiger partial charge in [0, 0.05) is 6.20 Å². The van der Waals surface area contributed by atoms with Gasteiger partial charge in [-0.25, -0.2) is 18.6 Å². The average molecular weight is 275 g/mol. The number of hydrogen-bond acceptors (Lipinski definition) is 4. The highest BCUT2D eigenvalue weighted by Gasteiger charge is 2.16. The Morgan fingerprint density at radius 2 is 2.10 bits per heavy atom. The van der Waals surface area contributed by atoms with E-state index in [0.29, 0.717) is 0 Å². The highest BCUT2D eigenvalue weighted by Crippen LogP contribution is 2.23. The molecule has 0 aliphatic rings. The van der Waals surface area contributed by atoms with Crippen molar-refractivity contribution in [1.82, 2.24) is 4.98 Å². The minimum Gasteiger partial charge on any atom is -0.478 e. The molecule has 0 aliphatic heterocycles. The van der Waals surface area contributed by atoms with Crippen molar-refractivity contribution in [2.24, 2.45) is 0 Å². The quantitative estimate of drug-likeness (QED) is 0.899. The van der Waals surface area contributed by atoms with Crippen molar-refractivity contribution in [1.29, 1.82) is 5.26 Å². The zero-order valence-electron chi connectivity index (χ0n) is 9.89. The summed E-state index contributed by atoms with van der Waals surface area (Å²) in [6.07, 6.45) is 1.12. The number of nitrogens with zero attached hydrogens (tertiary/aromatic N) is 2. The molecule has 2 rings (SSSR count). The van der Waals surface area contributed by atoms with Gasteiger partial charge in [-0.05, 0) is 24.3 Å². The van der Waals surface area contributed by atoms with Gasteiger partial charge in [-0.2, -0.15) is 5.26 Å². The van der Waals surface area contributed by atoms with Crippen LogP contribution < -0.4 is 5.32 Å². The highest BCUT2D eigenvalue weighted by atomic mass is 19.1. The number of carboxylic acid groups (broad SMARTS) is 1. The Morgan fingerprint density at radius 1 is 1.35 bits per heavy atom. The Bertz CT molecular complexity index is 726. The lowest BCUT2D eigenvalue weighted by Crippen LogP contribution is -2.06. The van der Waals surface area contributed by atoms with Crippen molar-refractivity contribution in [3.63, 3.8) is 0 Å². The van der Waals surface area contributed by atoms with Crippen molar-refractivity contribution >= 4 is 17.5 Å². The molecule has 100 valence electrons. The van der Waals surface area contributed by atoms with Crippen LogP contribution in [0.15, 0.2) is 30.5 Å². The molecule has 0 bridgehead atoms. The topological polar surface area (TPSA) is 86.0 Å². The molecule has 0 fully saturated rings. The minimum absolute atomic E-state index is 0.0491. The number of pyridine rings is 1. The van der Waals surface area contributed by atoms with Gasteiger partial charge in [0.05, 0.1) is 11.3 Å². The first-order valence-corrected chi connectivity index (χ1v) is 5.37. The molecule has 0 saturated carbocycles. The third-order valence-electron chi connectivity index (χ3n) is 2.47. The lowest BCUT2D eigenvalue weighted by molar-refractivity contribution is 0.0692. The fourth-order valence-electron chi connectivity index (χ4n) is 1.54. The third-order valence-corrected chi connectivity index (χ3v) is 2.47. The summed E-state index contributed by atoms with van der Waals surface area (Å²) in [4.78, 5) is 14.5. The van der Waals surface area contributed by atoms with Crippen molar-refractivity contribution in [2.75, 3.05) is 5.32 Å². The van der Waals surface area contributed by atoms with E-state index in [0.717, 1.165) is 24.4 Å². The number of nitrogens with one attached hydrogen (secondary N) is 1. The average Bonchev–Trinajstić information content (AvgIpc) is 2.42. The maximum absolute atomic E-state index is 13.9. The lowest BCUT2D eigenvalue weighted by atomic mass is 10.2. The summed E-state index contributed by atoms with van der Waals surface area (Å²) in [5, 5.41) is 20.1. The number of aromatic nitrogens is 1. The van der Waals surface area contributed by atoms with Crippen LogP contribution in [-0.4, -0.2) is 16.1 Å². The molecule has 20 heavy (non-hydrogen) atoms. The summed E-state index contributed by atoms with van der Waals surface area (Å²) in [6, 6.07) is 6.05. The normalized spacial score (nSPS) is 9.85. The SMILES string of the molecule is N#Cc1cc(F)ccc1Nc1nccc(C(=O)O)c1F. The van der Waals surface area contributed by atoms with Gasteiger partial charge in [0.25, 0.3) is 0 Å². The van der Waals surface area contributed by atoms with E-state index in [1.165, 1.54) is 6.07 Å². The molecule has 0 unspecified atom stereocenters. The van der Waals surface area contributed by atoms with Gasteiger partial charge in [0.2, 0.25) is 0 Å². The Hall–Kier alpha value is -3.01. The first-order chi connectivity index (χ1) is 9.52. The molecule has 1 aromatic carbocycles. The molecule has 0 spiro atoms. The molecule has 1 heterocycles. The minimum atomic E-state index is -1.44. The number of carboxylic acids is 1. The summed E-state index contributed by atoms with van der Waals surface area (Å²) in [5.41, 5.74) is -0.474. The van der Waals surface area contributed by atoms with E-state index in [-0.39, 0.29) is 17.1 Å². The predicted octanol–water partition coefficient (Wildman–Crippen LogP) is 2.67. The van der Waals surface area contributed by atoms with Crippen LogP contribution in [0.25, 0.3) is 0 Å². The number of carbonyl (C=O) groups is 1. The van der Waals surface area contributed by atoms with Crippen molar-refractivity contribution in [3.05, 3.63) is 53.2 Å². The highest BCUT2D eigenvalue weighted by molar-refractivity contribution is 5.89. The van der Waals surface area contributed by atoms with Crippen LogP contribution in [-0.2, 0) is 0 Å². The molecule has 2 aromatic rings. The second-order valence-electron chi connectivity index (χ2n) is 3.75. The van der Waals surface area contributed by atoms with E-state index in [1.54, 1.807) is 6.07 Å². The maximum atomic E-state index is 13.9. The fraction of sp³-hybridized carbons (Fsp3) is 0. The standard InChI is InChI=1S/C13H7F2N3O2/c14-8-1-2-10(7(5-8)6-16)18-12-11(15)9(13(19)20)3-4-17-12/h1-5H,(H,17,18)(H,19,20). The Morgan fingerprint density at radius 3 is 2.75 bits per heavy atom. The molecular formula is C13H7F2N3O2. The number of hydrogen-bond donors (Lipinski definition) is 2. The molecule has 7 heteroatoms. The van der Waals surface area contributed by atoms with Gasteiger partial charge in [-0.3, -0.25) is 0 Å². The molecule has 0 saturated heterocycles. The molecule has 2 N–H and O–H groups in total. The first-order valence-electron chi connectivity index (χ1n) is 5.37. The number of aromatic carboxylic acids is 1. The van der Waals surface area contributed by atoms with E-state index < -0.39 is 23.2 Å². The van der Waals surface area contributed by atoms with Gasteiger partial charge in [-0.1, -0.05) is 0 Å². The van der Waals surface area contributed by atoms with Gasteiger partial charge >= 0.3 is 5.97 Å². The Balaban J connectivity index is 2.44. The smallest absolute Gasteiger partial charge is 0.338 e. The van der Waals surface area contributed by atoms with Crippen LogP contribution in [0.5, 0.6) is 0 Å². The van der Waals surface area contributed by atoms with Crippen LogP contribution in [0.4, 0.5) is 20.3 Å². The number of rotatable bonds is 3. The van der Waals surface area contributed by atoms with Gasteiger partial charge < -0.3 is 10.4 Å². The number of benzene rings is 1. The second kappa shape index (κ2) is 5.32. The van der Waals surface area contributed by atoms with Crippen LogP contribution in [0.1, 0.15) is 15.9 Å². The van der Waals surface area contributed by atoms with E-state index in [1.807, 2.05) is 0 Å². The molecule has 0 radical (unpaired) electrons. The van der Waals surface area contributed by atoms with E-state index >= 15 is 0 Å². The zero-order chi connectivity index (χ0) is 14.7. The lowest BCUT2D eigenvalue weighted by Gasteiger charge is -2.09. The van der Waals surface area contributed by atoms with Crippen LogP contribution in [0, 0.1) is 23.0 Å². The summed E-state index contributed by atoms with van der Waals surface area (Å²) < 4.78 is 26.8. The Kier molecular flexibility index (Phi) is 3.57. The first kappa shape index (κ1) is 13.4. The molecular weight excluding hydrogens is 268 g/mol. The predicted molar refractivity (Wildman–Crippen MR) is 65.6 cm³/mol. The molecule has 0 amide bonds. The molecule has 0 aliphatic carbocycles. The van der Waals surface area contributed by atoms with Crippen molar-refractivity contribution < 1.29 is 18.7 Å². The Labute approximate surface area is 112 Å². The van der Waals surface area contributed by atoms with Crippen LogP contribution in [0.2, 0.25) is 0 Å². The van der Waals surface area contributed by atoms with E-state index in [9.17, 15) is 13.6 Å². The number of anilines is 2. The fourth-order valence-corrected chi connectivity index (χ4v) is 1.54. The summed E-state index contributed by atoms with van der Waals surface area (Å²) in [6.45, 7) is 0. The van der Waals surface area contributed by atoms with Crippen LogP contribution >= 0.6 is 0 Å². The van der Waals surface area contributed by atoms with E-state index in [4.69, 9.17) is 10.4 Å². The number of halogens is 2. The summed E-state index contributed by atoms with van der Waals surface area (Å²) in [5.74, 6) is -3.46. The second-order valence-corrected chi connectivity index (χ2v) is 3.75. The molecule has 0 atom stereocenters. The van der Waals surface area contributed by atoms with Gasteiger partial charge in [-0.15, -0.1) is 0 Å². The van der Waals surface area contributed by atoms with Crippen molar-refractivity contribution in [2.45, 2.75) is 0 Å². The molecule has 1 aromatic heterocycles. The van der Waals surface area contributed by atoms with Gasteiger partial charge in [0.1, 0.15) is 17.4 Å². The van der Waals surface area contributed by atoms with Gasteiger partial charge in [0.15, 0.2) is 11.6 Å². The summed E-state index contributed by atoms with van der Waals surface area (Å²) >= 11 is 0. The third kappa shape index (κ3) is 2.54. The van der Waals surface area contributed by atoms with Crippen LogP contribution in [0.3, 0.4) is 0 Å². The van der Waals surface area contributed by atoms with Crippen molar-refractivity contribution in [3.8, 4) is 6.07 Å². The monoisotopic (exact) mass is 275 g/mol. The van der Waals surface area contributed by atoms with E-state index in [2.05, 4.69) is 10.3 Å². The maximum Gasteiger partial charge on any atom is 0.338 e. The number of nitriles is 1.